The Morgan fingerprint density at radius 2 is 1.96 bits per heavy atom. The van der Waals surface area contributed by atoms with Crippen molar-refractivity contribution in [2.75, 3.05) is 17.2 Å². The van der Waals surface area contributed by atoms with E-state index in [9.17, 15) is 21.6 Å². The number of halogens is 3. The molecule has 130 valence electrons. The van der Waals surface area contributed by atoms with Gasteiger partial charge in [0.05, 0.1) is 21.9 Å². The third kappa shape index (κ3) is 4.41. The molecule has 0 aliphatic carbocycles. The Labute approximate surface area is 142 Å². The van der Waals surface area contributed by atoms with Crippen LogP contribution in [0.3, 0.4) is 0 Å². The molecule has 1 heterocycles. The van der Waals surface area contributed by atoms with Gasteiger partial charge in [-0.25, -0.2) is 13.4 Å². The molecule has 0 amide bonds. The van der Waals surface area contributed by atoms with E-state index in [4.69, 9.17) is 5.73 Å². The first-order valence-corrected chi connectivity index (χ1v) is 9.49. The van der Waals surface area contributed by atoms with E-state index in [1.165, 1.54) is 0 Å². The topological polar surface area (TPSA) is 73.0 Å². The zero-order valence-corrected chi connectivity index (χ0v) is 14.3. The van der Waals surface area contributed by atoms with Gasteiger partial charge < -0.3 is 5.73 Å². The van der Waals surface area contributed by atoms with Crippen molar-refractivity contribution < 1.29 is 21.6 Å². The maximum Gasteiger partial charge on any atom is 0.416 e. The van der Waals surface area contributed by atoms with Gasteiger partial charge in [0, 0.05) is 11.9 Å². The zero-order valence-electron chi connectivity index (χ0n) is 12.7. The van der Waals surface area contributed by atoms with E-state index in [-0.39, 0.29) is 16.4 Å². The number of hydrogen-bond acceptors (Lipinski definition) is 5. The number of thioether (sulfide) groups is 1. The Bertz CT molecular complexity index is 837. The summed E-state index contributed by atoms with van der Waals surface area (Å²) in [7, 11) is -3.83. The van der Waals surface area contributed by atoms with Crippen LogP contribution in [0.25, 0.3) is 0 Å². The quantitative estimate of drug-likeness (QED) is 0.808. The molecule has 0 fully saturated rings. The number of nitrogen functional groups attached to an aromatic ring is 1. The van der Waals surface area contributed by atoms with Gasteiger partial charge in [-0.15, -0.1) is 11.8 Å². The Balaban J connectivity index is 2.11. The molecule has 0 saturated carbocycles. The van der Waals surface area contributed by atoms with Gasteiger partial charge >= 0.3 is 6.18 Å². The largest absolute Gasteiger partial charge is 0.416 e. The average Bonchev–Trinajstić information content (AvgIpc) is 2.51. The second-order valence-corrected chi connectivity index (χ2v) is 8.23. The normalized spacial score (nSPS) is 12.3. The van der Waals surface area contributed by atoms with Crippen LogP contribution >= 0.6 is 11.8 Å². The lowest BCUT2D eigenvalue weighted by atomic mass is 10.2. The molecule has 9 heteroatoms. The first kappa shape index (κ1) is 18.6. The lowest BCUT2D eigenvalue weighted by molar-refractivity contribution is -0.137. The van der Waals surface area contributed by atoms with Crippen molar-refractivity contribution in [3.05, 3.63) is 47.7 Å². The van der Waals surface area contributed by atoms with Crippen molar-refractivity contribution in [1.82, 2.24) is 4.98 Å². The van der Waals surface area contributed by atoms with Crippen LogP contribution in [0.5, 0.6) is 0 Å². The van der Waals surface area contributed by atoms with E-state index >= 15 is 0 Å². The van der Waals surface area contributed by atoms with Crippen molar-refractivity contribution in [3.63, 3.8) is 0 Å². The zero-order chi connectivity index (χ0) is 18.0. The number of benzene rings is 1. The molecule has 0 aliphatic rings. The predicted octanol–water partition coefficient (Wildman–Crippen LogP) is 3.56. The molecule has 0 aliphatic heterocycles. The highest BCUT2D eigenvalue weighted by Gasteiger charge is 2.31. The van der Waals surface area contributed by atoms with Crippen LogP contribution in [0.2, 0.25) is 0 Å². The van der Waals surface area contributed by atoms with Crippen LogP contribution in [0.1, 0.15) is 11.1 Å². The maximum atomic E-state index is 12.7. The average molecular weight is 376 g/mol. The Hall–Kier alpha value is -1.74. The SMILES string of the molecule is Cc1ccnc(SCCS(=O)(=O)c2cccc(C(F)(F)F)c2)c1N. The molecule has 24 heavy (non-hydrogen) atoms. The Kier molecular flexibility index (Phi) is 5.44. The summed E-state index contributed by atoms with van der Waals surface area (Å²) in [5.74, 6) is -0.173. The smallest absolute Gasteiger partial charge is 0.396 e. The summed E-state index contributed by atoms with van der Waals surface area (Å²) >= 11 is 1.15. The molecule has 1 aromatic carbocycles. The number of rotatable bonds is 5. The molecule has 0 bridgehead atoms. The molecule has 1 aromatic heterocycles. The van der Waals surface area contributed by atoms with Crippen LogP contribution in [-0.4, -0.2) is 24.9 Å². The van der Waals surface area contributed by atoms with Crippen LogP contribution in [0.15, 0.2) is 46.5 Å². The summed E-state index contributed by atoms with van der Waals surface area (Å²) in [6, 6.07) is 5.47. The number of sulfone groups is 1. The predicted molar refractivity (Wildman–Crippen MR) is 87.6 cm³/mol. The lowest BCUT2D eigenvalue weighted by Crippen LogP contribution is -2.12. The summed E-state index contributed by atoms with van der Waals surface area (Å²) in [5.41, 5.74) is 6.17. The number of anilines is 1. The first-order chi connectivity index (χ1) is 11.1. The molecule has 0 atom stereocenters. The summed E-state index contributed by atoms with van der Waals surface area (Å²) in [5, 5.41) is 0.509. The monoisotopic (exact) mass is 376 g/mol. The molecule has 4 nitrogen and oxygen atoms in total. The molecule has 2 rings (SSSR count). The first-order valence-electron chi connectivity index (χ1n) is 6.85. The summed E-state index contributed by atoms with van der Waals surface area (Å²) in [6.45, 7) is 1.81. The summed E-state index contributed by atoms with van der Waals surface area (Å²) in [6.07, 6.45) is -3.02. The van der Waals surface area contributed by atoms with Crippen LogP contribution in [0, 0.1) is 6.92 Å². The van der Waals surface area contributed by atoms with Gasteiger partial charge in [-0.05, 0) is 36.8 Å². The summed E-state index contributed by atoms with van der Waals surface area (Å²) in [4.78, 5) is 3.73. The molecular weight excluding hydrogens is 361 g/mol. The highest BCUT2D eigenvalue weighted by atomic mass is 32.2. The van der Waals surface area contributed by atoms with Crippen LogP contribution < -0.4 is 5.73 Å². The van der Waals surface area contributed by atoms with E-state index in [0.29, 0.717) is 16.8 Å². The standard InChI is InChI=1S/C15H15F3N2O2S2/c1-10-5-6-20-14(13(10)19)23-7-8-24(21,22)12-4-2-3-11(9-12)15(16,17)18/h2-6,9H,7-8,19H2,1H3. The maximum absolute atomic E-state index is 12.7. The van der Waals surface area contributed by atoms with Gasteiger partial charge in [0.25, 0.3) is 0 Å². The van der Waals surface area contributed by atoms with Crippen molar-refractivity contribution in [1.29, 1.82) is 0 Å². The van der Waals surface area contributed by atoms with Gasteiger partial charge in [0.2, 0.25) is 0 Å². The van der Waals surface area contributed by atoms with Gasteiger partial charge in [-0.1, -0.05) is 6.07 Å². The number of aromatic nitrogens is 1. The third-order valence-corrected chi connectivity index (χ3v) is 6.26. The highest BCUT2D eigenvalue weighted by molar-refractivity contribution is 8.00. The number of pyridine rings is 1. The van der Waals surface area contributed by atoms with Gasteiger partial charge in [0.15, 0.2) is 9.84 Å². The molecule has 2 N–H and O–H groups in total. The molecule has 2 aromatic rings. The second kappa shape index (κ2) is 7.02. The van der Waals surface area contributed by atoms with E-state index in [1.54, 1.807) is 19.2 Å². The number of aryl methyl sites for hydroxylation is 1. The molecular formula is C15H15F3N2O2S2. The van der Waals surface area contributed by atoms with Crippen LogP contribution in [0.4, 0.5) is 18.9 Å². The van der Waals surface area contributed by atoms with Crippen molar-refractivity contribution in [3.8, 4) is 0 Å². The summed E-state index contributed by atoms with van der Waals surface area (Å²) < 4.78 is 62.5. The molecule has 0 saturated heterocycles. The fraction of sp³-hybridized carbons (Fsp3) is 0.267. The highest BCUT2D eigenvalue weighted by Crippen LogP contribution is 2.31. The number of nitrogens with zero attached hydrogens (tertiary/aromatic N) is 1. The van der Waals surface area contributed by atoms with Crippen molar-refractivity contribution in [2.45, 2.75) is 23.0 Å². The minimum Gasteiger partial charge on any atom is -0.396 e. The molecule has 0 radical (unpaired) electrons. The number of nitrogens with two attached hydrogens (primary N) is 1. The van der Waals surface area contributed by atoms with E-state index in [2.05, 4.69) is 4.98 Å². The fourth-order valence-electron chi connectivity index (χ4n) is 1.89. The minimum absolute atomic E-state index is 0.138. The van der Waals surface area contributed by atoms with Gasteiger partial charge in [0.1, 0.15) is 5.03 Å². The Morgan fingerprint density at radius 3 is 2.62 bits per heavy atom. The molecule has 0 spiro atoms. The van der Waals surface area contributed by atoms with Gasteiger partial charge in [-0.2, -0.15) is 13.2 Å². The third-order valence-electron chi connectivity index (χ3n) is 3.28. The molecule has 0 unspecified atom stereocenters. The van der Waals surface area contributed by atoms with E-state index < -0.39 is 21.6 Å². The van der Waals surface area contributed by atoms with E-state index in [0.717, 1.165) is 35.5 Å². The van der Waals surface area contributed by atoms with Crippen molar-refractivity contribution in [2.24, 2.45) is 0 Å². The van der Waals surface area contributed by atoms with E-state index in [1.807, 2.05) is 0 Å². The van der Waals surface area contributed by atoms with Crippen LogP contribution in [-0.2, 0) is 16.0 Å². The van der Waals surface area contributed by atoms with Crippen molar-refractivity contribution >= 4 is 27.3 Å². The minimum atomic E-state index is -4.58. The number of hydrogen-bond donors (Lipinski definition) is 1. The Morgan fingerprint density at radius 1 is 1.25 bits per heavy atom. The number of alkyl halides is 3. The second-order valence-electron chi connectivity index (χ2n) is 5.04. The lowest BCUT2D eigenvalue weighted by Gasteiger charge is -2.10. The fourth-order valence-corrected chi connectivity index (χ4v) is 4.58. The van der Waals surface area contributed by atoms with Gasteiger partial charge in [-0.3, -0.25) is 0 Å².